The van der Waals surface area contributed by atoms with Crippen LogP contribution in [-0.4, -0.2) is 25.1 Å². The van der Waals surface area contributed by atoms with Crippen LogP contribution < -0.4 is 9.47 Å². The van der Waals surface area contributed by atoms with Gasteiger partial charge in [0.2, 0.25) is 5.90 Å². The highest BCUT2D eigenvalue weighted by Gasteiger charge is 2.24. The van der Waals surface area contributed by atoms with Crippen LogP contribution in [0.5, 0.6) is 11.5 Å². The van der Waals surface area contributed by atoms with Crippen molar-refractivity contribution in [2.45, 2.75) is 0 Å². The van der Waals surface area contributed by atoms with E-state index in [1.807, 2.05) is 24.3 Å². The van der Waals surface area contributed by atoms with E-state index in [-0.39, 0.29) is 17.4 Å². The van der Waals surface area contributed by atoms with Crippen molar-refractivity contribution in [1.29, 1.82) is 0 Å². The summed E-state index contributed by atoms with van der Waals surface area (Å²) in [5.41, 5.74) is 1.40. The summed E-state index contributed by atoms with van der Waals surface area (Å²) < 4.78 is 29.6. The average Bonchev–Trinajstić information content (AvgIpc) is 3.13. The number of carbonyl (C=O) groups excluding carboxylic acids is 1. The number of carbonyl (C=O) groups is 1. The van der Waals surface area contributed by atoms with Gasteiger partial charge in [0, 0.05) is 5.56 Å². The number of ether oxygens (including phenoxy) is 3. The summed E-state index contributed by atoms with van der Waals surface area (Å²) in [4.78, 5) is 16.4. The summed E-state index contributed by atoms with van der Waals surface area (Å²) in [7, 11) is 0. The molecule has 0 N–H and O–H groups in total. The molecule has 31 heavy (non-hydrogen) atoms. The summed E-state index contributed by atoms with van der Waals surface area (Å²) in [6.45, 7) is 0.646. The predicted molar refractivity (Wildman–Crippen MR) is 116 cm³/mol. The summed E-state index contributed by atoms with van der Waals surface area (Å²) >= 11 is 6.05. The number of esters is 1. The Morgan fingerprint density at radius 1 is 0.968 bits per heavy atom. The number of halogens is 2. The van der Waals surface area contributed by atoms with Gasteiger partial charge < -0.3 is 14.2 Å². The largest absolute Gasteiger partial charge is 0.490 e. The van der Waals surface area contributed by atoms with Crippen molar-refractivity contribution in [2.24, 2.45) is 4.99 Å². The van der Waals surface area contributed by atoms with E-state index in [9.17, 15) is 9.18 Å². The fourth-order valence-electron chi connectivity index (χ4n) is 2.85. The Morgan fingerprint density at radius 3 is 2.55 bits per heavy atom. The lowest BCUT2D eigenvalue weighted by Crippen LogP contribution is -2.09. The third-order valence-electron chi connectivity index (χ3n) is 4.32. The van der Waals surface area contributed by atoms with E-state index in [4.69, 9.17) is 25.8 Å². The number of aliphatic imine (C=N–C) groups is 1. The molecule has 0 atom stereocenters. The smallest absolute Gasteiger partial charge is 0.363 e. The minimum absolute atomic E-state index is 0.139. The monoisotopic (exact) mass is 437 g/mol. The highest BCUT2D eigenvalue weighted by atomic mass is 35.5. The minimum atomic E-state index is -0.571. The standard InChI is InChI=1S/C24H17ClFNO4/c25-20-6-1-2-7-22(20)30-13-12-29-19-5-3-4-16(14-19)15-21-24(28)31-23(27-21)17-8-10-18(26)11-9-17/h1-11,14-15H,12-13H2/b21-15+. The second-order valence-corrected chi connectivity index (χ2v) is 6.95. The Balaban J connectivity index is 1.39. The molecule has 4 rings (SSSR count). The number of rotatable bonds is 7. The van der Waals surface area contributed by atoms with Crippen LogP contribution in [-0.2, 0) is 9.53 Å². The molecule has 0 fully saturated rings. The van der Waals surface area contributed by atoms with Crippen LogP contribution in [0.4, 0.5) is 4.39 Å². The molecular formula is C24H17ClFNO4. The Morgan fingerprint density at radius 2 is 1.74 bits per heavy atom. The Hall–Kier alpha value is -3.64. The van der Waals surface area contributed by atoms with Gasteiger partial charge in [-0.2, -0.15) is 0 Å². The lowest BCUT2D eigenvalue weighted by Gasteiger charge is -2.09. The quantitative estimate of drug-likeness (QED) is 0.286. The number of hydrogen-bond acceptors (Lipinski definition) is 5. The summed E-state index contributed by atoms with van der Waals surface area (Å²) in [6, 6.07) is 20.0. The van der Waals surface area contributed by atoms with Gasteiger partial charge in [-0.25, -0.2) is 14.2 Å². The van der Waals surface area contributed by atoms with Crippen molar-refractivity contribution >= 4 is 29.5 Å². The third kappa shape index (κ3) is 5.29. The molecule has 1 heterocycles. The van der Waals surface area contributed by atoms with Crippen LogP contribution >= 0.6 is 11.6 Å². The summed E-state index contributed by atoms with van der Waals surface area (Å²) in [5.74, 6) is 0.407. The molecule has 0 amide bonds. The van der Waals surface area contributed by atoms with Gasteiger partial charge in [0.25, 0.3) is 0 Å². The number of para-hydroxylation sites is 1. The van der Waals surface area contributed by atoms with Gasteiger partial charge in [0.15, 0.2) is 5.70 Å². The average molecular weight is 438 g/mol. The first kappa shape index (κ1) is 20.6. The zero-order valence-electron chi connectivity index (χ0n) is 16.3. The van der Waals surface area contributed by atoms with E-state index in [1.54, 1.807) is 30.3 Å². The van der Waals surface area contributed by atoms with Crippen molar-refractivity contribution in [3.05, 3.63) is 100 Å². The van der Waals surface area contributed by atoms with Crippen LogP contribution in [0.1, 0.15) is 11.1 Å². The molecule has 1 aliphatic rings. The van der Waals surface area contributed by atoms with E-state index >= 15 is 0 Å². The fraction of sp³-hybridized carbons (Fsp3) is 0.0833. The molecule has 0 saturated carbocycles. The predicted octanol–water partition coefficient (Wildman–Crippen LogP) is 5.28. The Kier molecular flexibility index (Phi) is 6.29. The molecule has 0 aliphatic carbocycles. The first-order chi connectivity index (χ1) is 15.1. The number of nitrogens with zero attached hydrogens (tertiary/aromatic N) is 1. The molecular weight excluding hydrogens is 421 g/mol. The molecule has 0 unspecified atom stereocenters. The zero-order chi connectivity index (χ0) is 21.6. The van der Waals surface area contributed by atoms with E-state index in [0.29, 0.717) is 35.3 Å². The van der Waals surface area contributed by atoms with E-state index < -0.39 is 5.97 Å². The Bertz CT molecular complexity index is 1160. The van der Waals surface area contributed by atoms with Crippen molar-refractivity contribution in [2.75, 3.05) is 13.2 Å². The van der Waals surface area contributed by atoms with Crippen LogP contribution in [0.25, 0.3) is 6.08 Å². The van der Waals surface area contributed by atoms with Gasteiger partial charge in [0.05, 0.1) is 5.02 Å². The number of hydrogen-bond donors (Lipinski definition) is 0. The summed E-state index contributed by atoms with van der Waals surface area (Å²) in [6.07, 6.45) is 1.60. The maximum absolute atomic E-state index is 13.1. The first-order valence-electron chi connectivity index (χ1n) is 9.47. The van der Waals surface area contributed by atoms with E-state index in [2.05, 4.69) is 4.99 Å². The van der Waals surface area contributed by atoms with Crippen LogP contribution in [0.15, 0.2) is 83.5 Å². The molecule has 3 aromatic carbocycles. The molecule has 5 nitrogen and oxygen atoms in total. The molecule has 0 aromatic heterocycles. The molecule has 0 radical (unpaired) electrons. The van der Waals surface area contributed by atoms with Crippen LogP contribution in [0.3, 0.4) is 0 Å². The molecule has 0 spiro atoms. The normalized spacial score (nSPS) is 14.3. The first-order valence-corrected chi connectivity index (χ1v) is 9.85. The van der Waals surface area contributed by atoms with Gasteiger partial charge in [0.1, 0.15) is 30.5 Å². The van der Waals surface area contributed by atoms with Crippen molar-refractivity contribution < 1.29 is 23.4 Å². The van der Waals surface area contributed by atoms with E-state index in [1.165, 1.54) is 24.3 Å². The van der Waals surface area contributed by atoms with Crippen molar-refractivity contribution in [3.8, 4) is 11.5 Å². The highest BCUT2D eigenvalue weighted by molar-refractivity contribution is 6.32. The van der Waals surface area contributed by atoms with Gasteiger partial charge >= 0.3 is 5.97 Å². The second-order valence-electron chi connectivity index (χ2n) is 6.54. The van der Waals surface area contributed by atoms with Crippen LogP contribution in [0, 0.1) is 5.82 Å². The molecule has 0 bridgehead atoms. The molecule has 1 aliphatic heterocycles. The molecule has 3 aromatic rings. The maximum atomic E-state index is 13.1. The summed E-state index contributed by atoms with van der Waals surface area (Å²) in [5, 5.41) is 0.542. The minimum Gasteiger partial charge on any atom is -0.490 e. The van der Waals surface area contributed by atoms with Crippen molar-refractivity contribution in [1.82, 2.24) is 0 Å². The second kappa shape index (κ2) is 9.45. The van der Waals surface area contributed by atoms with Crippen molar-refractivity contribution in [3.63, 3.8) is 0 Å². The lowest BCUT2D eigenvalue weighted by atomic mass is 10.2. The SMILES string of the molecule is O=C1OC(c2ccc(F)cc2)=N/C1=C/c1cccc(OCCOc2ccccc2Cl)c1. The molecule has 0 saturated heterocycles. The molecule has 156 valence electrons. The van der Waals surface area contributed by atoms with Gasteiger partial charge in [-0.15, -0.1) is 0 Å². The zero-order valence-corrected chi connectivity index (χ0v) is 17.0. The van der Waals surface area contributed by atoms with Gasteiger partial charge in [-0.1, -0.05) is 35.9 Å². The van der Waals surface area contributed by atoms with E-state index in [0.717, 1.165) is 5.56 Å². The number of cyclic esters (lactones) is 1. The van der Waals surface area contributed by atoms with Gasteiger partial charge in [-0.05, 0) is 60.2 Å². The Labute approximate surface area is 183 Å². The fourth-order valence-corrected chi connectivity index (χ4v) is 3.04. The van der Waals surface area contributed by atoms with Crippen LogP contribution in [0.2, 0.25) is 5.02 Å². The lowest BCUT2D eigenvalue weighted by molar-refractivity contribution is -0.129. The topological polar surface area (TPSA) is 57.1 Å². The number of benzene rings is 3. The third-order valence-corrected chi connectivity index (χ3v) is 4.63. The van der Waals surface area contributed by atoms with Gasteiger partial charge in [-0.3, -0.25) is 0 Å². The maximum Gasteiger partial charge on any atom is 0.363 e. The highest BCUT2D eigenvalue weighted by Crippen LogP contribution is 2.24. The molecule has 7 heteroatoms.